The Morgan fingerprint density at radius 1 is 0.864 bits per heavy atom. The van der Waals surface area contributed by atoms with E-state index in [2.05, 4.69) is 63.7 Å². The molecule has 1 aromatic carbocycles. The summed E-state index contributed by atoms with van der Waals surface area (Å²) in [5.41, 5.74) is 1.78. The van der Waals surface area contributed by atoms with Crippen molar-refractivity contribution in [1.29, 1.82) is 0 Å². The highest BCUT2D eigenvalue weighted by Crippen LogP contribution is 2.36. The first-order valence-corrected chi connectivity index (χ1v) is 9.81. The molecule has 0 saturated heterocycles. The lowest BCUT2D eigenvalue weighted by Gasteiger charge is -2.19. The minimum Gasteiger partial charge on any atom is -0.468 e. The lowest BCUT2D eigenvalue weighted by atomic mass is 10.0. The van der Waals surface area contributed by atoms with Crippen LogP contribution in [0.1, 0.15) is 20.8 Å². The molecule has 0 radical (unpaired) electrons. The third kappa shape index (κ3) is 5.04. The molecule has 0 aromatic heterocycles. The molecule has 0 aliphatic heterocycles. The molecule has 122 valence electrons. The highest BCUT2D eigenvalue weighted by molar-refractivity contribution is 9.12. The van der Waals surface area contributed by atoms with Crippen LogP contribution >= 0.6 is 63.7 Å². The molecule has 4 nitrogen and oxygen atoms in total. The first kappa shape index (κ1) is 20.1. The van der Waals surface area contributed by atoms with Crippen LogP contribution < -0.4 is 0 Å². The molecule has 0 fully saturated rings. The van der Waals surface area contributed by atoms with E-state index in [1.807, 2.05) is 24.3 Å². The second kappa shape index (κ2) is 9.39. The number of ether oxygens (including phenoxy) is 2. The first-order chi connectivity index (χ1) is 10.3. The van der Waals surface area contributed by atoms with Crippen molar-refractivity contribution in [3.8, 4) is 0 Å². The SMILES string of the molecule is COC(=O)[C@@H](Br)[C@H](Br)c1cccc([C@@H](Br)[C@@H](Br)C(=O)OC)c1. The molecule has 1 aromatic rings. The lowest BCUT2D eigenvalue weighted by molar-refractivity contribution is -0.140. The molecule has 0 unspecified atom stereocenters. The smallest absolute Gasteiger partial charge is 0.320 e. The van der Waals surface area contributed by atoms with E-state index in [4.69, 9.17) is 9.47 Å². The number of carbonyl (C=O) groups is 2. The number of methoxy groups -OCH3 is 2. The number of esters is 2. The van der Waals surface area contributed by atoms with Crippen LogP contribution in [-0.2, 0) is 19.1 Å². The summed E-state index contributed by atoms with van der Waals surface area (Å²) in [5, 5.41) is 0. The normalized spacial score (nSPS) is 16.3. The molecule has 0 bridgehead atoms. The number of carbonyl (C=O) groups excluding carboxylic acids is 2. The van der Waals surface area contributed by atoms with E-state index in [1.54, 1.807) is 0 Å². The molecule has 22 heavy (non-hydrogen) atoms. The van der Waals surface area contributed by atoms with Crippen LogP contribution in [-0.4, -0.2) is 35.8 Å². The van der Waals surface area contributed by atoms with Gasteiger partial charge in [-0.15, -0.1) is 0 Å². The van der Waals surface area contributed by atoms with Crippen LogP contribution in [0.4, 0.5) is 0 Å². The van der Waals surface area contributed by atoms with E-state index in [-0.39, 0.29) is 21.6 Å². The molecule has 0 saturated carbocycles. The summed E-state index contributed by atoms with van der Waals surface area (Å²) in [6.45, 7) is 0. The highest BCUT2D eigenvalue weighted by atomic mass is 79.9. The predicted molar refractivity (Wildman–Crippen MR) is 99.2 cm³/mol. The average Bonchev–Trinajstić information content (AvgIpc) is 2.57. The van der Waals surface area contributed by atoms with Crippen LogP contribution in [0.3, 0.4) is 0 Å². The molecular weight excluding hydrogens is 552 g/mol. The first-order valence-electron chi connectivity index (χ1n) is 6.15. The predicted octanol–water partition coefficient (Wildman–Crippen LogP) is 4.43. The molecule has 8 heteroatoms. The van der Waals surface area contributed by atoms with Gasteiger partial charge in [0.05, 0.1) is 23.9 Å². The van der Waals surface area contributed by atoms with Crippen LogP contribution in [0.2, 0.25) is 0 Å². The van der Waals surface area contributed by atoms with E-state index in [0.29, 0.717) is 0 Å². The zero-order valence-corrected chi connectivity index (χ0v) is 18.1. The molecule has 1 rings (SSSR count). The van der Waals surface area contributed by atoms with E-state index in [0.717, 1.165) is 11.1 Å². The largest absolute Gasteiger partial charge is 0.468 e. The fourth-order valence-electron chi connectivity index (χ4n) is 1.70. The summed E-state index contributed by atoms with van der Waals surface area (Å²) in [5.74, 6) is -0.730. The van der Waals surface area contributed by atoms with Gasteiger partial charge in [0.15, 0.2) is 0 Å². The van der Waals surface area contributed by atoms with Crippen LogP contribution in [0, 0.1) is 0 Å². The summed E-state index contributed by atoms with van der Waals surface area (Å²) in [7, 11) is 2.68. The Bertz CT molecular complexity index is 494. The van der Waals surface area contributed by atoms with Gasteiger partial charge in [-0.1, -0.05) is 88.0 Å². The zero-order chi connectivity index (χ0) is 16.9. The van der Waals surface area contributed by atoms with Gasteiger partial charge >= 0.3 is 11.9 Å². The molecule has 0 heterocycles. The number of hydrogen-bond donors (Lipinski definition) is 0. The van der Waals surface area contributed by atoms with E-state index in [9.17, 15) is 9.59 Å². The second-order valence-electron chi connectivity index (χ2n) is 4.32. The summed E-state index contributed by atoms with van der Waals surface area (Å²) in [6, 6.07) is 7.55. The molecule has 0 aliphatic carbocycles. The molecule has 0 N–H and O–H groups in total. The second-order valence-corrected chi connectivity index (χ2v) is 8.27. The van der Waals surface area contributed by atoms with Gasteiger partial charge in [-0.05, 0) is 11.1 Å². The van der Waals surface area contributed by atoms with Crippen molar-refractivity contribution in [2.75, 3.05) is 14.2 Å². The Morgan fingerprint density at radius 3 is 1.55 bits per heavy atom. The topological polar surface area (TPSA) is 52.6 Å². The van der Waals surface area contributed by atoms with Gasteiger partial charge in [0, 0.05) is 0 Å². The minimum absolute atomic E-state index is 0.258. The molecule has 0 amide bonds. The Morgan fingerprint density at radius 2 is 1.23 bits per heavy atom. The Labute approximate surface area is 162 Å². The van der Waals surface area contributed by atoms with Crippen LogP contribution in [0.5, 0.6) is 0 Å². The highest BCUT2D eigenvalue weighted by Gasteiger charge is 2.29. The fraction of sp³-hybridized carbons (Fsp3) is 0.429. The van der Waals surface area contributed by atoms with Gasteiger partial charge in [-0.3, -0.25) is 9.59 Å². The van der Waals surface area contributed by atoms with E-state index < -0.39 is 9.65 Å². The van der Waals surface area contributed by atoms with Gasteiger partial charge < -0.3 is 9.47 Å². The number of rotatable bonds is 6. The number of hydrogen-bond acceptors (Lipinski definition) is 4. The van der Waals surface area contributed by atoms with Gasteiger partial charge in [0.2, 0.25) is 0 Å². The third-order valence-electron chi connectivity index (χ3n) is 2.91. The maximum Gasteiger partial charge on any atom is 0.320 e. The molecule has 0 spiro atoms. The lowest BCUT2D eigenvalue weighted by Crippen LogP contribution is -2.21. The van der Waals surface area contributed by atoms with Crippen molar-refractivity contribution in [2.24, 2.45) is 0 Å². The third-order valence-corrected chi connectivity index (χ3v) is 8.25. The monoisotopic (exact) mass is 562 g/mol. The quantitative estimate of drug-likeness (QED) is 0.378. The minimum atomic E-state index is -0.512. The van der Waals surface area contributed by atoms with Crippen molar-refractivity contribution in [1.82, 2.24) is 0 Å². The number of alkyl halides is 4. The summed E-state index contributed by atoms with van der Waals surface area (Å²) >= 11 is 13.6. The average molecular weight is 566 g/mol. The molecule has 0 aliphatic rings. The maximum absolute atomic E-state index is 11.6. The fourth-order valence-corrected chi connectivity index (χ4v) is 3.69. The van der Waals surface area contributed by atoms with Crippen molar-refractivity contribution in [3.05, 3.63) is 35.4 Å². The van der Waals surface area contributed by atoms with Crippen molar-refractivity contribution < 1.29 is 19.1 Å². The Balaban J connectivity index is 2.99. The maximum atomic E-state index is 11.6. The van der Waals surface area contributed by atoms with Gasteiger partial charge in [-0.25, -0.2) is 0 Å². The Kier molecular flexibility index (Phi) is 8.59. The zero-order valence-electron chi connectivity index (χ0n) is 11.8. The van der Waals surface area contributed by atoms with Gasteiger partial charge in [-0.2, -0.15) is 0 Å². The number of halogens is 4. The van der Waals surface area contributed by atoms with Gasteiger partial charge in [0.25, 0.3) is 0 Å². The standard InChI is InChI=1S/C14H14Br4O4/c1-21-13(19)11(17)9(15)7-4-3-5-8(6-7)10(16)12(18)14(20)22-2/h3-6,9-12H,1-2H3/t9-,10-,11-,12+/m1/s1. The van der Waals surface area contributed by atoms with Crippen LogP contribution in [0.25, 0.3) is 0 Å². The molecule has 4 atom stereocenters. The van der Waals surface area contributed by atoms with Crippen LogP contribution in [0.15, 0.2) is 24.3 Å². The summed E-state index contributed by atoms with van der Waals surface area (Å²) in [6.07, 6.45) is 0. The van der Waals surface area contributed by atoms with Crippen molar-refractivity contribution in [3.63, 3.8) is 0 Å². The summed E-state index contributed by atoms with van der Waals surface area (Å²) < 4.78 is 9.45. The number of benzene rings is 1. The molecular formula is C14H14Br4O4. The van der Waals surface area contributed by atoms with Crippen molar-refractivity contribution in [2.45, 2.75) is 19.3 Å². The van der Waals surface area contributed by atoms with Gasteiger partial charge in [0.1, 0.15) is 9.65 Å². The van der Waals surface area contributed by atoms with E-state index >= 15 is 0 Å². The van der Waals surface area contributed by atoms with Crippen molar-refractivity contribution >= 4 is 75.7 Å². The summed E-state index contributed by atoms with van der Waals surface area (Å²) in [4.78, 5) is 21.7. The van der Waals surface area contributed by atoms with E-state index in [1.165, 1.54) is 14.2 Å². The Hall–Kier alpha value is 0.0800.